The van der Waals surface area contributed by atoms with Gasteiger partial charge in [0.2, 0.25) is 5.91 Å². The number of piperidine rings is 1. The molecule has 1 amide bonds. The third-order valence-electron chi connectivity index (χ3n) is 5.52. The molecule has 4 nitrogen and oxygen atoms in total. The molecule has 154 valence electrons. The molecule has 2 heterocycles. The second-order valence-corrected chi connectivity index (χ2v) is 7.25. The second-order valence-electron chi connectivity index (χ2n) is 7.25. The average molecular weight is 424 g/mol. The molecule has 0 radical (unpaired) electrons. The van der Waals surface area contributed by atoms with E-state index in [4.69, 9.17) is 0 Å². The Kier molecular flexibility index (Phi) is 9.77. The maximum Gasteiger partial charge on any atom is 0.222 e. The summed E-state index contributed by atoms with van der Waals surface area (Å²) in [6, 6.07) is 3.51. The summed E-state index contributed by atoms with van der Waals surface area (Å²) in [4.78, 5) is 16.2. The van der Waals surface area contributed by atoms with Crippen LogP contribution in [-0.2, 0) is 4.79 Å². The van der Waals surface area contributed by atoms with Gasteiger partial charge < -0.3 is 15.1 Å². The minimum atomic E-state index is -0.440. The monoisotopic (exact) mass is 423 g/mol. The van der Waals surface area contributed by atoms with Crippen LogP contribution in [0.15, 0.2) is 18.2 Å². The van der Waals surface area contributed by atoms with Crippen LogP contribution >= 0.6 is 24.8 Å². The van der Waals surface area contributed by atoms with E-state index in [1.807, 2.05) is 9.80 Å². The zero-order valence-corrected chi connectivity index (χ0v) is 17.3. The summed E-state index contributed by atoms with van der Waals surface area (Å²) >= 11 is 0. The Bertz CT molecular complexity index is 607. The summed E-state index contributed by atoms with van der Waals surface area (Å²) in [6.45, 7) is 6.43. The van der Waals surface area contributed by atoms with E-state index in [1.54, 1.807) is 0 Å². The van der Waals surface area contributed by atoms with Gasteiger partial charge in [0, 0.05) is 38.7 Å². The Balaban J connectivity index is 0.00000182. The molecule has 1 aromatic rings. The van der Waals surface area contributed by atoms with Crippen molar-refractivity contribution < 1.29 is 13.6 Å². The van der Waals surface area contributed by atoms with Crippen LogP contribution in [0.2, 0.25) is 0 Å². The first-order chi connectivity index (χ1) is 12.0. The van der Waals surface area contributed by atoms with Gasteiger partial charge in [0.25, 0.3) is 0 Å². The zero-order chi connectivity index (χ0) is 17.8. The highest BCUT2D eigenvalue weighted by Gasteiger charge is 2.27. The van der Waals surface area contributed by atoms with E-state index in [1.165, 1.54) is 18.9 Å². The molecule has 2 unspecified atom stereocenters. The predicted octanol–water partition coefficient (Wildman–Crippen LogP) is 3.48. The molecule has 1 aromatic carbocycles. The van der Waals surface area contributed by atoms with Gasteiger partial charge in [-0.05, 0) is 49.9 Å². The van der Waals surface area contributed by atoms with Gasteiger partial charge in [-0.3, -0.25) is 4.79 Å². The van der Waals surface area contributed by atoms with Crippen molar-refractivity contribution in [3.63, 3.8) is 0 Å². The maximum atomic E-state index is 13.9. The number of halogens is 4. The summed E-state index contributed by atoms with van der Waals surface area (Å²) in [5.74, 6) is 0.265. The van der Waals surface area contributed by atoms with Gasteiger partial charge in [-0.2, -0.15) is 0 Å². The molecule has 1 N–H and O–H groups in total. The van der Waals surface area contributed by atoms with Crippen LogP contribution in [0.25, 0.3) is 0 Å². The first kappa shape index (κ1) is 23.9. The smallest absolute Gasteiger partial charge is 0.222 e. The lowest BCUT2D eigenvalue weighted by molar-refractivity contribution is -0.132. The van der Waals surface area contributed by atoms with E-state index < -0.39 is 11.6 Å². The van der Waals surface area contributed by atoms with Crippen molar-refractivity contribution in [1.82, 2.24) is 10.2 Å². The first-order valence-corrected chi connectivity index (χ1v) is 9.23. The SMILES string of the molecule is CC(CC(=O)N1CCN(c2cc(F)ccc2F)CC1)C1CCCNC1.Cl.Cl. The minimum Gasteiger partial charge on any atom is -0.366 e. The maximum absolute atomic E-state index is 13.9. The fourth-order valence-electron chi connectivity index (χ4n) is 3.86. The van der Waals surface area contributed by atoms with E-state index in [-0.39, 0.29) is 36.4 Å². The van der Waals surface area contributed by atoms with E-state index in [2.05, 4.69) is 12.2 Å². The fourth-order valence-corrected chi connectivity index (χ4v) is 3.86. The highest BCUT2D eigenvalue weighted by atomic mass is 35.5. The van der Waals surface area contributed by atoms with Crippen molar-refractivity contribution in [3.05, 3.63) is 29.8 Å². The van der Waals surface area contributed by atoms with Crippen LogP contribution < -0.4 is 10.2 Å². The average Bonchev–Trinajstić information content (AvgIpc) is 2.64. The molecule has 0 aliphatic carbocycles. The Morgan fingerprint density at radius 1 is 1.22 bits per heavy atom. The number of hydrogen-bond donors (Lipinski definition) is 1. The van der Waals surface area contributed by atoms with Crippen molar-refractivity contribution in [2.45, 2.75) is 26.2 Å². The van der Waals surface area contributed by atoms with Crippen LogP contribution in [0, 0.1) is 23.5 Å². The zero-order valence-electron chi connectivity index (χ0n) is 15.6. The summed E-state index contributed by atoms with van der Waals surface area (Å²) in [5.41, 5.74) is 0.286. The lowest BCUT2D eigenvalue weighted by Gasteiger charge is -2.37. The highest BCUT2D eigenvalue weighted by molar-refractivity contribution is 5.85. The number of hydrogen-bond acceptors (Lipinski definition) is 3. The Morgan fingerprint density at radius 2 is 1.93 bits per heavy atom. The topological polar surface area (TPSA) is 35.6 Å². The summed E-state index contributed by atoms with van der Waals surface area (Å²) < 4.78 is 27.3. The normalized spacial score (nSPS) is 21.1. The van der Waals surface area contributed by atoms with E-state index in [0.717, 1.165) is 25.2 Å². The highest BCUT2D eigenvalue weighted by Crippen LogP contribution is 2.25. The molecule has 0 saturated carbocycles. The summed E-state index contributed by atoms with van der Waals surface area (Å²) in [6.07, 6.45) is 2.94. The van der Waals surface area contributed by atoms with E-state index >= 15 is 0 Å². The second kappa shape index (κ2) is 11.0. The van der Waals surface area contributed by atoms with Crippen molar-refractivity contribution >= 4 is 36.4 Å². The number of anilines is 1. The van der Waals surface area contributed by atoms with Crippen LogP contribution in [-0.4, -0.2) is 50.1 Å². The van der Waals surface area contributed by atoms with Crippen LogP contribution in [0.1, 0.15) is 26.2 Å². The van der Waals surface area contributed by atoms with E-state index in [0.29, 0.717) is 44.4 Å². The van der Waals surface area contributed by atoms with E-state index in [9.17, 15) is 13.6 Å². The number of benzene rings is 1. The number of nitrogens with one attached hydrogen (secondary N) is 1. The third kappa shape index (κ3) is 6.19. The minimum absolute atomic E-state index is 0. The molecule has 3 rings (SSSR count). The molecule has 0 spiro atoms. The van der Waals surface area contributed by atoms with Gasteiger partial charge in [0.1, 0.15) is 11.6 Å². The van der Waals surface area contributed by atoms with Gasteiger partial charge in [-0.15, -0.1) is 24.8 Å². The van der Waals surface area contributed by atoms with Crippen LogP contribution in [0.4, 0.5) is 14.5 Å². The molecule has 2 atom stereocenters. The number of rotatable bonds is 4. The Hall–Kier alpha value is -1.11. The van der Waals surface area contributed by atoms with Gasteiger partial charge in [-0.25, -0.2) is 8.78 Å². The van der Waals surface area contributed by atoms with Crippen molar-refractivity contribution in [2.75, 3.05) is 44.2 Å². The van der Waals surface area contributed by atoms with Crippen molar-refractivity contribution in [3.8, 4) is 0 Å². The fraction of sp³-hybridized carbons (Fsp3) is 0.632. The third-order valence-corrected chi connectivity index (χ3v) is 5.52. The molecule has 2 saturated heterocycles. The van der Waals surface area contributed by atoms with Gasteiger partial charge in [0.15, 0.2) is 0 Å². The number of amides is 1. The largest absolute Gasteiger partial charge is 0.366 e. The molecule has 0 bridgehead atoms. The molecule has 2 aliphatic heterocycles. The molecule has 8 heteroatoms. The summed E-state index contributed by atoms with van der Waals surface area (Å²) in [5, 5.41) is 3.40. The standard InChI is InChI=1S/C19H27F2N3O.2ClH/c1-14(15-3-2-6-22-13-15)11-19(25)24-9-7-23(8-10-24)18-12-16(20)4-5-17(18)21;;/h4-5,12,14-15,22H,2-3,6-11,13H2,1H3;2*1H. The number of piperazine rings is 1. The van der Waals surface area contributed by atoms with Gasteiger partial charge in [0.05, 0.1) is 5.69 Å². The molecule has 2 fully saturated rings. The lowest BCUT2D eigenvalue weighted by Crippen LogP contribution is -2.49. The Morgan fingerprint density at radius 3 is 2.56 bits per heavy atom. The van der Waals surface area contributed by atoms with Crippen molar-refractivity contribution in [2.24, 2.45) is 11.8 Å². The number of carbonyl (C=O) groups excluding carboxylic acids is 1. The molecule has 27 heavy (non-hydrogen) atoms. The number of carbonyl (C=O) groups is 1. The molecular formula is C19H29Cl2F2N3O. The van der Waals surface area contributed by atoms with Gasteiger partial charge in [-0.1, -0.05) is 6.92 Å². The van der Waals surface area contributed by atoms with Gasteiger partial charge >= 0.3 is 0 Å². The number of nitrogens with zero attached hydrogens (tertiary/aromatic N) is 2. The summed E-state index contributed by atoms with van der Waals surface area (Å²) in [7, 11) is 0. The molecule has 0 aromatic heterocycles. The quantitative estimate of drug-likeness (QED) is 0.804. The van der Waals surface area contributed by atoms with Crippen LogP contribution in [0.3, 0.4) is 0 Å². The molecular weight excluding hydrogens is 395 g/mol. The van der Waals surface area contributed by atoms with Crippen LogP contribution in [0.5, 0.6) is 0 Å². The molecule has 2 aliphatic rings. The lowest BCUT2D eigenvalue weighted by atomic mass is 9.85. The van der Waals surface area contributed by atoms with Crippen molar-refractivity contribution in [1.29, 1.82) is 0 Å². The predicted molar refractivity (Wildman–Crippen MR) is 109 cm³/mol. The Labute approximate surface area is 172 Å². The first-order valence-electron chi connectivity index (χ1n) is 9.23.